The highest BCUT2D eigenvalue weighted by Gasteiger charge is 2.19. The molecular formula is C11H15N5. The molecule has 0 spiro atoms. The van der Waals surface area contributed by atoms with Crippen molar-refractivity contribution < 1.29 is 0 Å². The fraction of sp³-hybridized carbons (Fsp3) is 0.364. The number of nitrogens with two attached hydrogens (primary N) is 1. The molecule has 5 heteroatoms. The molecule has 84 valence electrons. The van der Waals surface area contributed by atoms with Gasteiger partial charge in [-0.15, -0.1) is 0 Å². The van der Waals surface area contributed by atoms with Crippen molar-refractivity contribution in [3.63, 3.8) is 0 Å². The van der Waals surface area contributed by atoms with E-state index in [1.165, 1.54) is 0 Å². The largest absolute Gasteiger partial charge is 0.383 e. The zero-order valence-electron chi connectivity index (χ0n) is 9.68. The number of anilines is 1. The molecule has 0 saturated heterocycles. The van der Waals surface area contributed by atoms with Crippen LogP contribution in [0.2, 0.25) is 0 Å². The number of hydrogen-bond donors (Lipinski definition) is 1. The fourth-order valence-corrected chi connectivity index (χ4v) is 1.32. The predicted octanol–water partition coefficient (Wildman–Crippen LogP) is 1.54. The standard InChI is InChI=1S/C11H15N5/c1-11(2,3)8-7-9(12)16(15-8)10-13-5-4-6-14-10/h4-7H,12H2,1-3H3. The van der Waals surface area contributed by atoms with Crippen LogP contribution in [0, 0.1) is 0 Å². The van der Waals surface area contributed by atoms with Crippen LogP contribution < -0.4 is 5.73 Å². The number of hydrogen-bond acceptors (Lipinski definition) is 4. The molecule has 2 N–H and O–H groups in total. The Morgan fingerprint density at radius 1 is 1.19 bits per heavy atom. The normalized spacial score (nSPS) is 11.7. The monoisotopic (exact) mass is 217 g/mol. The summed E-state index contributed by atoms with van der Waals surface area (Å²) in [5.74, 6) is 1.05. The second kappa shape index (κ2) is 3.59. The lowest BCUT2D eigenvalue weighted by molar-refractivity contribution is 0.558. The Hall–Kier alpha value is -1.91. The predicted molar refractivity (Wildman–Crippen MR) is 62.3 cm³/mol. The molecule has 2 heterocycles. The van der Waals surface area contributed by atoms with Gasteiger partial charge in [0.2, 0.25) is 0 Å². The highest BCUT2D eigenvalue weighted by atomic mass is 15.4. The fourth-order valence-electron chi connectivity index (χ4n) is 1.32. The van der Waals surface area contributed by atoms with Gasteiger partial charge in [-0.2, -0.15) is 9.78 Å². The molecule has 0 aliphatic heterocycles. The number of aromatic nitrogens is 4. The Kier molecular flexibility index (Phi) is 2.38. The van der Waals surface area contributed by atoms with Crippen molar-refractivity contribution in [3.8, 4) is 5.95 Å². The number of nitrogens with zero attached hydrogens (tertiary/aromatic N) is 4. The SMILES string of the molecule is CC(C)(C)c1cc(N)n(-c2ncccn2)n1. The van der Waals surface area contributed by atoms with Crippen LogP contribution in [0.15, 0.2) is 24.5 Å². The minimum Gasteiger partial charge on any atom is -0.383 e. The van der Waals surface area contributed by atoms with Crippen LogP contribution in [0.1, 0.15) is 26.5 Å². The molecule has 0 radical (unpaired) electrons. The lowest BCUT2D eigenvalue weighted by Crippen LogP contribution is -2.13. The van der Waals surface area contributed by atoms with Crippen molar-refractivity contribution >= 4 is 5.82 Å². The van der Waals surface area contributed by atoms with E-state index in [0.717, 1.165) is 5.69 Å². The molecule has 0 amide bonds. The molecule has 0 aliphatic rings. The molecule has 0 atom stereocenters. The third-order valence-corrected chi connectivity index (χ3v) is 2.25. The van der Waals surface area contributed by atoms with Crippen LogP contribution in [0.3, 0.4) is 0 Å². The van der Waals surface area contributed by atoms with Gasteiger partial charge in [-0.1, -0.05) is 20.8 Å². The van der Waals surface area contributed by atoms with Crippen molar-refractivity contribution in [2.24, 2.45) is 0 Å². The van der Waals surface area contributed by atoms with Gasteiger partial charge in [0.1, 0.15) is 5.82 Å². The highest BCUT2D eigenvalue weighted by molar-refractivity contribution is 5.38. The molecule has 2 aromatic rings. The molecule has 0 fully saturated rings. The summed E-state index contributed by atoms with van der Waals surface area (Å²) in [5, 5.41) is 4.42. The van der Waals surface area contributed by atoms with Gasteiger partial charge < -0.3 is 5.73 Å². The van der Waals surface area contributed by atoms with Gasteiger partial charge in [0.15, 0.2) is 0 Å². The molecule has 0 aliphatic carbocycles. The first-order valence-electron chi connectivity index (χ1n) is 5.12. The van der Waals surface area contributed by atoms with Crippen LogP contribution in [0.4, 0.5) is 5.82 Å². The Morgan fingerprint density at radius 3 is 2.31 bits per heavy atom. The Bertz CT molecular complexity index is 481. The van der Waals surface area contributed by atoms with Gasteiger partial charge in [-0.05, 0) is 6.07 Å². The number of rotatable bonds is 1. The molecule has 0 aromatic carbocycles. The maximum absolute atomic E-state index is 5.89. The molecular weight excluding hydrogens is 202 g/mol. The van der Waals surface area contributed by atoms with Crippen molar-refractivity contribution in [3.05, 3.63) is 30.2 Å². The summed E-state index contributed by atoms with van der Waals surface area (Å²) in [7, 11) is 0. The molecule has 2 rings (SSSR count). The van der Waals surface area contributed by atoms with Crippen molar-refractivity contribution in [1.29, 1.82) is 0 Å². The summed E-state index contributed by atoms with van der Waals surface area (Å²) in [6.07, 6.45) is 3.33. The van der Waals surface area contributed by atoms with E-state index >= 15 is 0 Å². The summed E-state index contributed by atoms with van der Waals surface area (Å²) in [4.78, 5) is 8.23. The molecule has 5 nitrogen and oxygen atoms in total. The smallest absolute Gasteiger partial charge is 0.252 e. The third kappa shape index (κ3) is 1.88. The first kappa shape index (κ1) is 10.6. The molecule has 0 saturated carbocycles. The minimum atomic E-state index is -0.0336. The van der Waals surface area contributed by atoms with Crippen molar-refractivity contribution in [1.82, 2.24) is 19.7 Å². The zero-order chi connectivity index (χ0) is 11.8. The third-order valence-electron chi connectivity index (χ3n) is 2.25. The van der Waals surface area contributed by atoms with E-state index in [9.17, 15) is 0 Å². The Labute approximate surface area is 94.3 Å². The lowest BCUT2D eigenvalue weighted by Gasteiger charge is -2.13. The van der Waals surface area contributed by atoms with E-state index in [-0.39, 0.29) is 5.41 Å². The molecule has 0 bridgehead atoms. The Balaban J connectivity index is 2.48. The van der Waals surface area contributed by atoms with E-state index in [2.05, 4.69) is 35.8 Å². The average Bonchev–Trinajstić information content (AvgIpc) is 2.61. The van der Waals surface area contributed by atoms with Crippen LogP contribution in [-0.4, -0.2) is 19.7 Å². The Morgan fingerprint density at radius 2 is 1.81 bits per heavy atom. The second-order valence-electron chi connectivity index (χ2n) is 4.67. The van der Waals surface area contributed by atoms with Crippen LogP contribution in [-0.2, 0) is 5.41 Å². The molecule has 0 unspecified atom stereocenters. The van der Waals surface area contributed by atoms with Gasteiger partial charge in [-0.25, -0.2) is 9.97 Å². The van der Waals surface area contributed by atoms with E-state index < -0.39 is 0 Å². The zero-order valence-corrected chi connectivity index (χ0v) is 9.68. The van der Waals surface area contributed by atoms with E-state index in [1.54, 1.807) is 23.1 Å². The summed E-state index contributed by atoms with van der Waals surface area (Å²) in [6.45, 7) is 6.26. The lowest BCUT2D eigenvalue weighted by atomic mass is 9.92. The van der Waals surface area contributed by atoms with E-state index in [4.69, 9.17) is 5.73 Å². The summed E-state index contributed by atoms with van der Waals surface area (Å²) >= 11 is 0. The number of nitrogen functional groups attached to an aromatic ring is 1. The molecule has 2 aromatic heterocycles. The topological polar surface area (TPSA) is 69.6 Å². The summed E-state index contributed by atoms with van der Waals surface area (Å²) in [6, 6.07) is 3.62. The maximum Gasteiger partial charge on any atom is 0.252 e. The molecule has 16 heavy (non-hydrogen) atoms. The van der Waals surface area contributed by atoms with E-state index in [1.807, 2.05) is 6.07 Å². The highest BCUT2D eigenvalue weighted by Crippen LogP contribution is 2.23. The first-order valence-corrected chi connectivity index (χ1v) is 5.12. The van der Waals surface area contributed by atoms with Gasteiger partial charge in [0.05, 0.1) is 5.69 Å². The second-order valence-corrected chi connectivity index (χ2v) is 4.67. The summed E-state index contributed by atoms with van der Waals surface area (Å²) in [5.41, 5.74) is 6.79. The van der Waals surface area contributed by atoms with Gasteiger partial charge in [-0.3, -0.25) is 0 Å². The average molecular weight is 217 g/mol. The quantitative estimate of drug-likeness (QED) is 0.786. The van der Waals surface area contributed by atoms with Crippen molar-refractivity contribution in [2.75, 3.05) is 5.73 Å². The van der Waals surface area contributed by atoms with Gasteiger partial charge in [0.25, 0.3) is 5.95 Å². The maximum atomic E-state index is 5.89. The van der Waals surface area contributed by atoms with Gasteiger partial charge in [0, 0.05) is 23.9 Å². The first-order chi connectivity index (χ1) is 7.48. The minimum absolute atomic E-state index is 0.0336. The van der Waals surface area contributed by atoms with E-state index in [0.29, 0.717) is 11.8 Å². The van der Waals surface area contributed by atoms with Crippen molar-refractivity contribution in [2.45, 2.75) is 26.2 Å². The van der Waals surface area contributed by atoms with Gasteiger partial charge >= 0.3 is 0 Å². The summed E-state index contributed by atoms with van der Waals surface area (Å²) < 4.78 is 1.56. The van der Waals surface area contributed by atoms with Crippen LogP contribution >= 0.6 is 0 Å². The van der Waals surface area contributed by atoms with Crippen LogP contribution in [0.5, 0.6) is 0 Å². The van der Waals surface area contributed by atoms with Crippen LogP contribution in [0.25, 0.3) is 5.95 Å².